The number of pyridine rings is 2. The van der Waals surface area contributed by atoms with E-state index in [0.29, 0.717) is 43.0 Å². The molecule has 0 unspecified atom stereocenters. The van der Waals surface area contributed by atoms with E-state index in [1.54, 1.807) is 12.4 Å². The normalized spacial score (nSPS) is 10.9. The third-order valence-corrected chi connectivity index (χ3v) is 4.10. The quantitative estimate of drug-likeness (QED) is 0.297. The van der Waals surface area contributed by atoms with Gasteiger partial charge in [0.2, 0.25) is 5.88 Å². The van der Waals surface area contributed by atoms with E-state index < -0.39 is 20.2 Å². The van der Waals surface area contributed by atoms with Crippen LogP contribution in [0.15, 0.2) is 77.6 Å². The average molecular weight is 551 g/mol. The summed E-state index contributed by atoms with van der Waals surface area (Å²) in [6.45, 7) is 0.478. The van der Waals surface area contributed by atoms with Gasteiger partial charge in [0.15, 0.2) is 5.76 Å². The molecular weight excluding hydrogens is 524 g/mol. The number of hydrogen-bond donors (Lipinski definition) is 3. The Bertz CT molecular complexity index is 1430. The second-order valence-corrected chi connectivity index (χ2v) is 10.5. The first kappa shape index (κ1) is 29.4. The minimum absolute atomic E-state index is 0.428. The Hall–Kier alpha value is -3.85. The van der Waals surface area contributed by atoms with Crippen molar-refractivity contribution in [2.45, 2.75) is 13.0 Å². The standard InChI is InChI=1S/C21H18N4O2.2CH4O3S/c22-21-18(4-3-11-24-21)19-13-17(25-27-19)12-15-6-8-16(9-7-15)14-26-20-5-1-2-10-23-20;2*1-5(2,3)4/h1-11,13H,12,14H2,(H2,22,24);2*1H3,(H,2,3,4). The minimum atomic E-state index is -3.67. The van der Waals surface area contributed by atoms with Crippen LogP contribution in [0.2, 0.25) is 0 Å². The molecule has 0 atom stereocenters. The van der Waals surface area contributed by atoms with E-state index in [9.17, 15) is 16.8 Å². The number of benzene rings is 1. The number of anilines is 1. The predicted octanol–water partition coefficient (Wildman–Crippen LogP) is 2.89. The molecule has 0 aliphatic carbocycles. The summed E-state index contributed by atoms with van der Waals surface area (Å²) in [5.41, 5.74) is 9.69. The van der Waals surface area contributed by atoms with Gasteiger partial charge in [-0.15, -0.1) is 0 Å². The van der Waals surface area contributed by atoms with Crippen LogP contribution >= 0.6 is 0 Å². The van der Waals surface area contributed by atoms with Crippen molar-refractivity contribution in [3.63, 3.8) is 0 Å². The fourth-order valence-corrected chi connectivity index (χ4v) is 2.70. The van der Waals surface area contributed by atoms with Gasteiger partial charge in [0.25, 0.3) is 20.2 Å². The molecule has 14 heteroatoms. The molecule has 1 aromatic carbocycles. The zero-order valence-corrected chi connectivity index (χ0v) is 21.6. The number of nitrogens with two attached hydrogens (primary N) is 1. The van der Waals surface area contributed by atoms with E-state index >= 15 is 0 Å². The zero-order valence-electron chi connectivity index (χ0n) is 19.9. The fourth-order valence-electron chi connectivity index (χ4n) is 2.70. The van der Waals surface area contributed by atoms with Gasteiger partial charge < -0.3 is 15.0 Å². The molecule has 4 rings (SSSR count). The highest BCUT2D eigenvalue weighted by Crippen LogP contribution is 2.25. The Kier molecular flexibility index (Phi) is 10.7. The maximum Gasteiger partial charge on any atom is 0.261 e. The molecule has 0 spiro atoms. The van der Waals surface area contributed by atoms with Crippen LogP contribution in [0.1, 0.15) is 16.8 Å². The smallest absolute Gasteiger partial charge is 0.261 e. The minimum Gasteiger partial charge on any atom is -0.473 e. The highest BCUT2D eigenvalue weighted by atomic mass is 32.2. The van der Waals surface area contributed by atoms with Gasteiger partial charge in [0, 0.05) is 30.9 Å². The Labute approximate surface area is 214 Å². The Morgan fingerprint density at radius 3 is 2.03 bits per heavy atom. The molecule has 4 aromatic rings. The molecule has 0 fully saturated rings. The van der Waals surface area contributed by atoms with Crippen molar-refractivity contribution >= 4 is 26.1 Å². The van der Waals surface area contributed by atoms with Crippen molar-refractivity contribution in [2.75, 3.05) is 18.2 Å². The molecule has 0 aliphatic heterocycles. The molecule has 4 N–H and O–H groups in total. The molecule has 3 aromatic heterocycles. The summed E-state index contributed by atoms with van der Waals surface area (Å²) in [6.07, 6.45) is 5.46. The van der Waals surface area contributed by atoms with E-state index in [1.165, 1.54) is 0 Å². The van der Waals surface area contributed by atoms with Gasteiger partial charge in [-0.3, -0.25) is 9.11 Å². The second-order valence-electron chi connectivity index (χ2n) is 7.53. The molecule has 0 saturated heterocycles. The van der Waals surface area contributed by atoms with Crippen molar-refractivity contribution in [3.05, 3.63) is 89.9 Å². The number of ether oxygens (including phenoxy) is 1. The monoisotopic (exact) mass is 550 g/mol. The van der Waals surface area contributed by atoms with Gasteiger partial charge >= 0.3 is 0 Å². The zero-order chi connectivity index (χ0) is 27.5. The largest absolute Gasteiger partial charge is 0.473 e. The van der Waals surface area contributed by atoms with Crippen LogP contribution in [0.4, 0.5) is 5.82 Å². The van der Waals surface area contributed by atoms with E-state index in [0.717, 1.165) is 22.4 Å². The molecular formula is C23H26N4O8S2. The van der Waals surface area contributed by atoms with Crippen LogP contribution in [-0.2, 0) is 33.3 Å². The van der Waals surface area contributed by atoms with Gasteiger partial charge in [0.1, 0.15) is 12.4 Å². The van der Waals surface area contributed by atoms with Gasteiger partial charge in [-0.25, -0.2) is 9.97 Å². The second kappa shape index (κ2) is 13.5. The Morgan fingerprint density at radius 1 is 0.865 bits per heavy atom. The molecule has 198 valence electrons. The van der Waals surface area contributed by atoms with Crippen molar-refractivity contribution < 1.29 is 35.2 Å². The van der Waals surface area contributed by atoms with Gasteiger partial charge in [-0.2, -0.15) is 16.8 Å². The van der Waals surface area contributed by atoms with Crippen molar-refractivity contribution in [1.82, 2.24) is 15.1 Å². The summed E-state index contributed by atoms with van der Waals surface area (Å²) in [5, 5.41) is 4.14. The molecule has 37 heavy (non-hydrogen) atoms. The summed E-state index contributed by atoms with van der Waals surface area (Å²) < 4.78 is 62.8. The number of nitrogens with zero attached hydrogens (tertiary/aromatic N) is 3. The summed E-state index contributed by atoms with van der Waals surface area (Å²) >= 11 is 0. The first-order chi connectivity index (χ1) is 17.3. The van der Waals surface area contributed by atoms with E-state index in [-0.39, 0.29) is 0 Å². The van der Waals surface area contributed by atoms with Crippen molar-refractivity contribution in [1.29, 1.82) is 0 Å². The average Bonchev–Trinajstić information content (AvgIpc) is 3.26. The molecule has 12 nitrogen and oxygen atoms in total. The lowest BCUT2D eigenvalue weighted by Gasteiger charge is -2.05. The number of aromatic nitrogens is 3. The fraction of sp³-hybridized carbons (Fsp3) is 0.174. The summed E-state index contributed by atoms with van der Waals surface area (Å²) in [6, 6.07) is 19.4. The highest BCUT2D eigenvalue weighted by molar-refractivity contribution is 7.85. The lowest BCUT2D eigenvalue weighted by Crippen LogP contribution is -1.97. The molecule has 3 heterocycles. The molecule has 0 aliphatic rings. The number of rotatable bonds is 6. The van der Waals surface area contributed by atoms with Crippen LogP contribution in [0.5, 0.6) is 5.88 Å². The molecule has 0 amide bonds. The first-order valence-electron chi connectivity index (χ1n) is 10.4. The predicted molar refractivity (Wildman–Crippen MR) is 137 cm³/mol. The lowest BCUT2D eigenvalue weighted by molar-refractivity contribution is 0.294. The van der Waals surface area contributed by atoms with Crippen LogP contribution in [0.3, 0.4) is 0 Å². The summed E-state index contributed by atoms with van der Waals surface area (Å²) in [5.74, 6) is 1.67. The van der Waals surface area contributed by atoms with Crippen LogP contribution < -0.4 is 10.5 Å². The topological polar surface area (TPSA) is 196 Å². The van der Waals surface area contributed by atoms with Gasteiger partial charge in [0.05, 0.1) is 23.8 Å². The Morgan fingerprint density at radius 2 is 1.46 bits per heavy atom. The number of hydrogen-bond acceptors (Lipinski definition) is 10. The number of nitrogen functional groups attached to an aromatic ring is 1. The molecule has 0 saturated carbocycles. The van der Waals surface area contributed by atoms with Gasteiger partial charge in [-0.05, 0) is 29.3 Å². The maximum atomic E-state index is 9.19. The SMILES string of the molecule is CS(=O)(=O)O.CS(=O)(=O)O.Nc1ncccc1-c1cc(Cc2ccc(COc3ccccn3)cc2)no1. The van der Waals surface area contributed by atoms with Gasteiger partial charge in [-0.1, -0.05) is 35.5 Å². The summed E-state index contributed by atoms with van der Waals surface area (Å²) in [7, 11) is -7.33. The molecule has 0 bridgehead atoms. The summed E-state index contributed by atoms with van der Waals surface area (Å²) in [4.78, 5) is 8.22. The van der Waals surface area contributed by atoms with Crippen LogP contribution in [0, 0.1) is 0 Å². The van der Waals surface area contributed by atoms with E-state index in [2.05, 4.69) is 27.3 Å². The third-order valence-electron chi connectivity index (χ3n) is 4.10. The maximum absolute atomic E-state index is 9.19. The highest BCUT2D eigenvalue weighted by Gasteiger charge is 2.10. The van der Waals surface area contributed by atoms with E-state index in [4.69, 9.17) is 24.1 Å². The Balaban J connectivity index is 0.000000412. The third kappa shape index (κ3) is 13.1. The van der Waals surface area contributed by atoms with Crippen LogP contribution in [0.25, 0.3) is 11.3 Å². The lowest BCUT2D eigenvalue weighted by atomic mass is 10.1. The first-order valence-corrected chi connectivity index (χ1v) is 14.1. The molecule has 0 radical (unpaired) electrons. The van der Waals surface area contributed by atoms with Crippen LogP contribution in [-0.4, -0.2) is 53.6 Å². The van der Waals surface area contributed by atoms with Crippen molar-refractivity contribution in [2.24, 2.45) is 0 Å². The van der Waals surface area contributed by atoms with Crippen molar-refractivity contribution in [3.8, 4) is 17.2 Å². The van der Waals surface area contributed by atoms with E-state index in [1.807, 2.05) is 48.5 Å².